The first-order valence-electron chi connectivity index (χ1n) is 7.48. The van der Waals surface area contributed by atoms with Gasteiger partial charge in [0.05, 0.1) is 31.1 Å². The molecule has 3 atom stereocenters. The van der Waals surface area contributed by atoms with E-state index >= 15 is 0 Å². The molecule has 0 aromatic carbocycles. The molecule has 0 amide bonds. The molecule has 5 heterocycles. The summed E-state index contributed by atoms with van der Waals surface area (Å²) in [6, 6.07) is 2.36. The maximum absolute atomic E-state index is 6.27. The van der Waals surface area contributed by atoms with Gasteiger partial charge in [-0.2, -0.15) is 0 Å². The average molecular weight is 311 g/mol. The molecule has 7 heteroatoms. The quantitative estimate of drug-likeness (QED) is 0.821. The molecule has 1 aromatic rings. The third-order valence-electron chi connectivity index (χ3n) is 4.48. The van der Waals surface area contributed by atoms with Crippen LogP contribution in [-0.4, -0.2) is 61.3 Å². The molecule has 21 heavy (non-hydrogen) atoms. The number of piperidine rings is 1. The summed E-state index contributed by atoms with van der Waals surface area (Å²) in [6.45, 7) is 6.20. The lowest BCUT2D eigenvalue weighted by atomic mass is 9.99. The fourth-order valence-corrected chi connectivity index (χ4v) is 3.54. The first-order chi connectivity index (χ1) is 10.2. The minimum absolute atomic E-state index is 0.298. The number of fused-ring (bicyclic) bond motifs is 2. The van der Waals surface area contributed by atoms with Gasteiger partial charge in [0.25, 0.3) is 0 Å². The monoisotopic (exact) mass is 310 g/mol. The van der Waals surface area contributed by atoms with Crippen molar-refractivity contribution in [2.24, 2.45) is 0 Å². The number of halogens is 1. The van der Waals surface area contributed by atoms with E-state index in [0.29, 0.717) is 23.4 Å². The summed E-state index contributed by atoms with van der Waals surface area (Å²) in [5.41, 5.74) is 0.956. The second-order valence-corrected chi connectivity index (χ2v) is 6.37. The van der Waals surface area contributed by atoms with E-state index in [1.54, 1.807) is 0 Å². The molecule has 0 aliphatic carbocycles. The highest BCUT2D eigenvalue weighted by Crippen LogP contribution is 2.33. The van der Waals surface area contributed by atoms with Crippen molar-refractivity contribution in [1.82, 2.24) is 10.2 Å². The summed E-state index contributed by atoms with van der Waals surface area (Å²) in [7, 11) is 0. The Morgan fingerprint density at radius 2 is 2.05 bits per heavy atom. The van der Waals surface area contributed by atoms with Crippen LogP contribution in [-0.2, 0) is 9.47 Å². The lowest BCUT2D eigenvalue weighted by molar-refractivity contribution is -0.133. The lowest BCUT2D eigenvalue weighted by Gasteiger charge is -2.47. The number of hydrogen-bond donors (Lipinski definition) is 0. The van der Waals surface area contributed by atoms with Crippen LogP contribution in [0, 0.1) is 0 Å². The number of aromatic nitrogens is 2. The Morgan fingerprint density at radius 3 is 2.76 bits per heavy atom. The lowest BCUT2D eigenvalue weighted by Crippen LogP contribution is -2.57. The van der Waals surface area contributed by atoms with Crippen molar-refractivity contribution in [3.05, 3.63) is 11.2 Å². The van der Waals surface area contributed by atoms with Crippen molar-refractivity contribution in [3.8, 4) is 0 Å². The van der Waals surface area contributed by atoms with Crippen LogP contribution in [0.2, 0.25) is 5.15 Å². The van der Waals surface area contributed by atoms with E-state index in [1.165, 1.54) is 6.42 Å². The Balaban J connectivity index is 1.60. The van der Waals surface area contributed by atoms with Crippen LogP contribution >= 0.6 is 11.6 Å². The van der Waals surface area contributed by atoms with Gasteiger partial charge in [-0.3, -0.25) is 0 Å². The minimum atomic E-state index is 0.298. The van der Waals surface area contributed by atoms with Crippen molar-refractivity contribution in [3.63, 3.8) is 0 Å². The Kier molecular flexibility index (Phi) is 3.40. The van der Waals surface area contributed by atoms with Crippen molar-refractivity contribution in [1.29, 1.82) is 0 Å². The third kappa shape index (κ3) is 2.45. The topological polar surface area (TPSA) is 50.7 Å². The highest BCUT2D eigenvalue weighted by molar-refractivity contribution is 6.32. The van der Waals surface area contributed by atoms with Gasteiger partial charge in [0.2, 0.25) is 0 Å². The van der Waals surface area contributed by atoms with Gasteiger partial charge < -0.3 is 19.3 Å². The third-order valence-corrected chi connectivity index (χ3v) is 4.75. The second-order valence-electron chi connectivity index (χ2n) is 6.02. The van der Waals surface area contributed by atoms with Gasteiger partial charge in [-0.1, -0.05) is 11.6 Å². The van der Waals surface area contributed by atoms with E-state index < -0.39 is 0 Å². The molecule has 0 N–H and O–H groups in total. The molecule has 5 rings (SSSR count). The summed E-state index contributed by atoms with van der Waals surface area (Å²) in [4.78, 5) is 4.51. The van der Waals surface area contributed by atoms with Crippen LogP contribution in [0.4, 0.5) is 11.5 Å². The van der Waals surface area contributed by atoms with Crippen molar-refractivity contribution < 1.29 is 9.47 Å². The van der Waals surface area contributed by atoms with E-state index in [1.807, 2.05) is 0 Å². The van der Waals surface area contributed by atoms with Crippen molar-refractivity contribution >= 4 is 23.1 Å². The predicted molar refractivity (Wildman–Crippen MR) is 80.2 cm³/mol. The average Bonchev–Trinajstić information content (AvgIpc) is 2.48. The van der Waals surface area contributed by atoms with Crippen molar-refractivity contribution in [2.75, 3.05) is 42.6 Å². The maximum Gasteiger partial charge on any atom is 0.175 e. The van der Waals surface area contributed by atoms with Gasteiger partial charge in [0.1, 0.15) is 0 Å². The number of morpholine rings is 2. The highest BCUT2D eigenvalue weighted by Gasteiger charge is 2.39. The molecular formula is C14H19ClN4O2. The number of ether oxygens (including phenoxy) is 2. The van der Waals surface area contributed by atoms with Crippen molar-refractivity contribution in [2.45, 2.75) is 31.6 Å². The van der Waals surface area contributed by atoms with Gasteiger partial charge in [0, 0.05) is 38.2 Å². The first kappa shape index (κ1) is 13.5. The summed E-state index contributed by atoms with van der Waals surface area (Å²) in [6.07, 6.45) is 1.88. The molecule has 2 bridgehead atoms. The number of anilines is 2. The van der Waals surface area contributed by atoms with Gasteiger partial charge in [-0.05, 0) is 6.92 Å². The second kappa shape index (κ2) is 5.26. The molecule has 0 radical (unpaired) electrons. The summed E-state index contributed by atoms with van der Waals surface area (Å²) in [5.74, 6) is 0.895. The van der Waals surface area contributed by atoms with E-state index in [0.717, 1.165) is 44.4 Å². The first-order valence-corrected chi connectivity index (χ1v) is 7.86. The Bertz CT molecular complexity index is 528. The molecule has 4 saturated heterocycles. The molecule has 1 aromatic heterocycles. The Morgan fingerprint density at radius 1 is 1.29 bits per heavy atom. The van der Waals surface area contributed by atoms with Gasteiger partial charge in [-0.15, -0.1) is 10.2 Å². The standard InChI is InChI=1S/C14H19ClN4O2/c1-9-8-20-3-2-19(9)12-5-13(16-17-14(12)15)18-6-10-4-11(7-18)21-10/h5,9-11H,2-4,6-8H2,1H3. The molecule has 3 unspecified atom stereocenters. The number of rotatable bonds is 2. The fraction of sp³-hybridized carbons (Fsp3) is 0.714. The van der Waals surface area contributed by atoms with E-state index in [4.69, 9.17) is 21.1 Å². The molecule has 114 valence electrons. The SMILES string of the molecule is CC1COCCN1c1cc(N2CC3CC(C2)O3)nnc1Cl. The van der Waals surface area contributed by atoms with Crippen LogP contribution in [0.5, 0.6) is 0 Å². The fourth-order valence-electron chi connectivity index (χ4n) is 3.34. The molecule has 0 saturated carbocycles. The summed E-state index contributed by atoms with van der Waals surface area (Å²) >= 11 is 6.27. The molecular weight excluding hydrogens is 292 g/mol. The zero-order valence-electron chi connectivity index (χ0n) is 12.0. The Labute approximate surface area is 129 Å². The van der Waals surface area contributed by atoms with E-state index in [2.05, 4.69) is 33.0 Å². The molecule has 4 fully saturated rings. The smallest absolute Gasteiger partial charge is 0.175 e. The van der Waals surface area contributed by atoms with E-state index in [9.17, 15) is 0 Å². The summed E-state index contributed by atoms with van der Waals surface area (Å²) < 4.78 is 11.2. The van der Waals surface area contributed by atoms with Crippen LogP contribution in [0.15, 0.2) is 6.07 Å². The molecule has 4 aliphatic rings. The zero-order valence-corrected chi connectivity index (χ0v) is 12.8. The molecule has 0 spiro atoms. The van der Waals surface area contributed by atoms with E-state index in [-0.39, 0.29) is 0 Å². The zero-order chi connectivity index (χ0) is 14.4. The van der Waals surface area contributed by atoms with Gasteiger partial charge in [-0.25, -0.2) is 0 Å². The maximum atomic E-state index is 6.27. The van der Waals surface area contributed by atoms with Crippen LogP contribution < -0.4 is 9.80 Å². The van der Waals surface area contributed by atoms with Crippen LogP contribution in [0.3, 0.4) is 0 Å². The van der Waals surface area contributed by atoms with Crippen LogP contribution in [0.1, 0.15) is 13.3 Å². The van der Waals surface area contributed by atoms with Gasteiger partial charge >= 0.3 is 0 Å². The predicted octanol–water partition coefficient (Wildman–Crippen LogP) is 1.33. The summed E-state index contributed by atoms with van der Waals surface area (Å²) in [5, 5.41) is 8.89. The van der Waals surface area contributed by atoms with Gasteiger partial charge in [0.15, 0.2) is 11.0 Å². The Hall–Kier alpha value is -1.11. The molecule has 4 aliphatic heterocycles. The number of hydrogen-bond acceptors (Lipinski definition) is 6. The highest BCUT2D eigenvalue weighted by atomic mass is 35.5. The normalized spacial score (nSPS) is 32.0. The molecule has 6 nitrogen and oxygen atoms in total. The number of nitrogens with zero attached hydrogens (tertiary/aromatic N) is 4. The van der Waals surface area contributed by atoms with Crippen LogP contribution in [0.25, 0.3) is 0 Å². The minimum Gasteiger partial charge on any atom is -0.377 e. The largest absolute Gasteiger partial charge is 0.377 e.